The fraction of sp³-hybridized carbons (Fsp3) is 0. The zero-order valence-corrected chi connectivity index (χ0v) is 9.64. The number of aromatic amines is 1. The van der Waals surface area contributed by atoms with E-state index in [1.54, 1.807) is 6.07 Å². The first kappa shape index (κ1) is 11.0. The van der Waals surface area contributed by atoms with Gasteiger partial charge in [-0.05, 0) is 6.07 Å². The molecular formula is C12H6ClFN2O2. The predicted octanol–water partition coefficient (Wildman–Crippen LogP) is 1.91. The molecule has 0 radical (unpaired) electrons. The van der Waals surface area contributed by atoms with Gasteiger partial charge in [-0.2, -0.15) is 0 Å². The van der Waals surface area contributed by atoms with Gasteiger partial charge in [-0.3, -0.25) is 14.9 Å². The van der Waals surface area contributed by atoms with Crippen molar-refractivity contribution in [3.8, 4) is 0 Å². The van der Waals surface area contributed by atoms with E-state index in [0.717, 1.165) is 0 Å². The Morgan fingerprint density at radius 3 is 2.61 bits per heavy atom. The molecule has 0 fully saturated rings. The van der Waals surface area contributed by atoms with Crippen molar-refractivity contribution in [1.82, 2.24) is 10.3 Å². The first-order chi connectivity index (χ1) is 8.59. The number of halogens is 2. The number of rotatable bonds is 1. The Morgan fingerprint density at radius 1 is 1.17 bits per heavy atom. The van der Waals surface area contributed by atoms with Crippen LogP contribution in [0.25, 0.3) is 16.5 Å². The summed E-state index contributed by atoms with van der Waals surface area (Å²) in [4.78, 5) is 25.7. The van der Waals surface area contributed by atoms with E-state index in [2.05, 4.69) is 10.3 Å². The van der Waals surface area contributed by atoms with Crippen LogP contribution in [0.15, 0.2) is 29.4 Å². The highest BCUT2D eigenvalue weighted by Gasteiger charge is 2.31. The summed E-state index contributed by atoms with van der Waals surface area (Å²) in [5, 5.41) is 2.42. The van der Waals surface area contributed by atoms with Gasteiger partial charge in [0, 0.05) is 17.1 Å². The molecule has 4 nitrogen and oxygen atoms in total. The molecule has 0 saturated carbocycles. The maximum atomic E-state index is 13.5. The van der Waals surface area contributed by atoms with Crippen LogP contribution in [-0.4, -0.2) is 16.8 Å². The number of hydrogen-bond donors (Lipinski definition) is 2. The first-order valence-electron chi connectivity index (χ1n) is 5.11. The molecule has 90 valence electrons. The van der Waals surface area contributed by atoms with Gasteiger partial charge in [0.1, 0.15) is 10.8 Å². The van der Waals surface area contributed by atoms with Gasteiger partial charge in [0.25, 0.3) is 11.8 Å². The Morgan fingerprint density at radius 2 is 1.94 bits per heavy atom. The molecule has 6 heteroatoms. The molecule has 2 aromatic rings. The zero-order valence-electron chi connectivity index (χ0n) is 8.88. The van der Waals surface area contributed by atoms with Crippen LogP contribution in [0.4, 0.5) is 4.39 Å². The Labute approximate surface area is 105 Å². The monoisotopic (exact) mass is 264 g/mol. The summed E-state index contributed by atoms with van der Waals surface area (Å²) in [5.74, 6) is -1.64. The molecule has 0 atom stereocenters. The summed E-state index contributed by atoms with van der Waals surface area (Å²) in [6, 6.07) is 4.48. The minimum Gasteiger partial charge on any atom is -0.358 e. The van der Waals surface area contributed by atoms with E-state index in [-0.39, 0.29) is 16.1 Å². The largest absolute Gasteiger partial charge is 0.358 e. The van der Waals surface area contributed by atoms with E-state index in [1.165, 1.54) is 18.3 Å². The number of aromatic nitrogens is 1. The minimum atomic E-state index is -0.637. The lowest BCUT2D eigenvalue weighted by Gasteiger charge is -1.98. The van der Waals surface area contributed by atoms with Crippen molar-refractivity contribution in [2.24, 2.45) is 0 Å². The predicted molar refractivity (Wildman–Crippen MR) is 64.2 cm³/mol. The van der Waals surface area contributed by atoms with Crippen LogP contribution in [0.3, 0.4) is 0 Å². The molecule has 2 amide bonds. The van der Waals surface area contributed by atoms with Gasteiger partial charge in [0.2, 0.25) is 0 Å². The van der Waals surface area contributed by atoms with Crippen LogP contribution >= 0.6 is 11.6 Å². The number of carbonyl (C=O) groups is 2. The van der Waals surface area contributed by atoms with Crippen molar-refractivity contribution >= 4 is 39.9 Å². The Bertz CT molecular complexity index is 733. The van der Waals surface area contributed by atoms with E-state index in [1.807, 2.05) is 0 Å². The van der Waals surface area contributed by atoms with Crippen molar-refractivity contribution in [3.63, 3.8) is 0 Å². The smallest absolute Gasteiger partial charge is 0.270 e. The van der Waals surface area contributed by atoms with E-state index in [0.29, 0.717) is 10.9 Å². The molecule has 1 aliphatic rings. The van der Waals surface area contributed by atoms with Gasteiger partial charge in [0.15, 0.2) is 0 Å². The molecule has 2 heterocycles. The maximum absolute atomic E-state index is 13.5. The Hall–Kier alpha value is -2.14. The molecule has 0 aliphatic carbocycles. The molecule has 18 heavy (non-hydrogen) atoms. The number of imide groups is 1. The number of fused-ring (bicyclic) bond motifs is 1. The molecule has 1 aromatic heterocycles. The number of para-hydroxylation sites is 1. The van der Waals surface area contributed by atoms with Crippen molar-refractivity contribution in [1.29, 1.82) is 0 Å². The lowest BCUT2D eigenvalue weighted by atomic mass is 10.1. The average Bonchev–Trinajstić information content (AvgIpc) is 2.84. The van der Waals surface area contributed by atoms with Crippen LogP contribution in [-0.2, 0) is 9.59 Å². The third-order valence-electron chi connectivity index (χ3n) is 2.81. The van der Waals surface area contributed by atoms with Crippen LogP contribution in [0.5, 0.6) is 0 Å². The lowest BCUT2D eigenvalue weighted by Crippen LogP contribution is -2.22. The van der Waals surface area contributed by atoms with Crippen LogP contribution in [0.1, 0.15) is 5.56 Å². The number of amides is 2. The van der Waals surface area contributed by atoms with Crippen molar-refractivity contribution in [2.45, 2.75) is 0 Å². The van der Waals surface area contributed by atoms with E-state index in [4.69, 9.17) is 11.6 Å². The zero-order chi connectivity index (χ0) is 12.9. The molecule has 2 N–H and O–H groups in total. The van der Waals surface area contributed by atoms with E-state index >= 15 is 0 Å². The third-order valence-corrected chi connectivity index (χ3v) is 3.17. The van der Waals surface area contributed by atoms with Crippen molar-refractivity contribution in [3.05, 3.63) is 40.8 Å². The first-order valence-corrected chi connectivity index (χ1v) is 5.49. The van der Waals surface area contributed by atoms with Gasteiger partial charge < -0.3 is 4.98 Å². The van der Waals surface area contributed by atoms with Crippen LogP contribution in [0.2, 0.25) is 0 Å². The van der Waals surface area contributed by atoms with Gasteiger partial charge in [0.05, 0.1) is 11.1 Å². The van der Waals surface area contributed by atoms with Crippen LogP contribution < -0.4 is 5.32 Å². The minimum absolute atomic E-state index is 0.0681. The molecule has 1 aliphatic heterocycles. The summed E-state index contributed by atoms with van der Waals surface area (Å²) >= 11 is 5.79. The van der Waals surface area contributed by atoms with Crippen molar-refractivity contribution in [2.75, 3.05) is 0 Å². The van der Waals surface area contributed by atoms with Gasteiger partial charge in [-0.1, -0.05) is 23.7 Å². The number of carbonyl (C=O) groups excluding carboxylic acids is 2. The summed E-state index contributed by atoms with van der Waals surface area (Å²) < 4.78 is 13.5. The van der Waals surface area contributed by atoms with Gasteiger partial charge in [-0.25, -0.2) is 4.39 Å². The normalized spacial score (nSPS) is 15.7. The highest BCUT2D eigenvalue weighted by atomic mass is 35.5. The number of hydrogen-bond acceptors (Lipinski definition) is 2. The topological polar surface area (TPSA) is 62.0 Å². The Kier molecular flexibility index (Phi) is 2.24. The standard InChI is InChI=1S/C12H6ClFN2O2/c13-9-8(11(17)16-12(9)18)6-4-15-10-5(6)2-1-3-7(10)14/h1-4,15H,(H,16,17,18). The second-order valence-electron chi connectivity index (χ2n) is 3.84. The highest BCUT2D eigenvalue weighted by molar-refractivity contribution is 6.55. The molecular weight excluding hydrogens is 259 g/mol. The second-order valence-corrected chi connectivity index (χ2v) is 4.21. The van der Waals surface area contributed by atoms with E-state index in [9.17, 15) is 14.0 Å². The van der Waals surface area contributed by atoms with Crippen molar-refractivity contribution < 1.29 is 14.0 Å². The molecule has 0 bridgehead atoms. The van der Waals surface area contributed by atoms with Gasteiger partial charge in [-0.15, -0.1) is 0 Å². The molecule has 3 rings (SSSR count). The molecule has 0 unspecified atom stereocenters. The fourth-order valence-corrected chi connectivity index (χ4v) is 2.23. The molecule has 1 aromatic carbocycles. The molecule has 0 saturated heterocycles. The summed E-state index contributed by atoms with van der Waals surface area (Å²) in [7, 11) is 0. The Balaban J connectivity index is 2.31. The van der Waals surface area contributed by atoms with Gasteiger partial charge >= 0.3 is 0 Å². The highest BCUT2D eigenvalue weighted by Crippen LogP contribution is 2.32. The fourth-order valence-electron chi connectivity index (χ4n) is 2.00. The third kappa shape index (κ3) is 1.37. The summed E-state index contributed by atoms with van der Waals surface area (Å²) in [5.41, 5.74) is 0.757. The number of H-pyrrole nitrogens is 1. The summed E-state index contributed by atoms with van der Waals surface area (Å²) in [6.07, 6.45) is 1.46. The quantitative estimate of drug-likeness (QED) is 0.773. The lowest BCUT2D eigenvalue weighted by molar-refractivity contribution is -0.123. The maximum Gasteiger partial charge on any atom is 0.270 e. The number of nitrogens with one attached hydrogen (secondary N) is 2. The SMILES string of the molecule is O=C1NC(=O)C(c2c[nH]c3c(F)cccc23)=C1Cl. The molecule has 0 spiro atoms. The summed E-state index contributed by atoms with van der Waals surface area (Å²) in [6.45, 7) is 0. The average molecular weight is 265 g/mol. The number of benzene rings is 1. The second kappa shape index (κ2) is 3.68. The van der Waals surface area contributed by atoms with E-state index < -0.39 is 17.6 Å². The van der Waals surface area contributed by atoms with Crippen LogP contribution in [0, 0.1) is 5.82 Å².